The Hall–Kier alpha value is -1.59. The maximum atomic E-state index is 12.3. The second kappa shape index (κ2) is 8.15. The zero-order valence-corrected chi connectivity index (χ0v) is 13.7. The van der Waals surface area contributed by atoms with Crippen LogP contribution >= 0.6 is 0 Å². The molecule has 122 valence electrons. The molecule has 1 amide bonds. The second-order valence-corrected chi connectivity index (χ2v) is 5.74. The van der Waals surface area contributed by atoms with Crippen LogP contribution in [0.3, 0.4) is 0 Å². The molecule has 0 bridgehead atoms. The minimum absolute atomic E-state index is 0.142. The van der Waals surface area contributed by atoms with Crippen molar-refractivity contribution in [1.82, 2.24) is 9.80 Å². The molecule has 0 aromatic heterocycles. The molecule has 0 radical (unpaired) electrons. The number of carbonyl (C=O) groups excluding carboxylic acids is 1. The average Bonchev–Trinajstić information content (AvgIpc) is 2.49. The van der Waals surface area contributed by atoms with Crippen LogP contribution in [0.2, 0.25) is 0 Å². The van der Waals surface area contributed by atoms with Crippen molar-refractivity contribution in [3.05, 3.63) is 29.8 Å². The number of hydrogen-bond acceptors (Lipinski definition) is 4. The predicted molar refractivity (Wildman–Crippen MR) is 85.9 cm³/mol. The van der Waals surface area contributed by atoms with Crippen molar-refractivity contribution in [2.75, 3.05) is 39.9 Å². The maximum absolute atomic E-state index is 12.3. The van der Waals surface area contributed by atoms with E-state index < -0.39 is 0 Å². The lowest BCUT2D eigenvalue weighted by Crippen LogP contribution is -2.46. The molecule has 5 heteroatoms. The highest BCUT2D eigenvalue weighted by Gasteiger charge is 2.20. The van der Waals surface area contributed by atoms with Gasteiger partial charge in [-0.2, -0.15) is 0 Å². The third-order valence-electron chi connectivity index (χ3n) is 3.76. The Balaban J connectivity index is 1.82. The van der Waals surface area contributed by atoms with Gasteiger partial charge in [0.2, 0.25) is 5.91 Å². The van der Waals surface area contributed by atoms with Crippen molar-refractivity contribution >= 4 is 5.91 Å². The van der Waals surface area contributed by atoms with Crippen LogP contribution in [0.1, 0.15) is 19.4 Å². The Kier molecular flexibility index (Phi) is 6.21. The molecule has 22 heavy (non-hydrogen) atoms. The van der Waals surface area contributed by atoms with Crippen LogP contribution in [-0.4, -0.2) is 61.7 Å². The molecule has 1 saturated heterocycles. The van der Waals surface area contributed by atoms with Crippen LogP contribution in [0.25, 0.3) is 0 Å². The van der Waals surface area contributed by atoms with E-state index in [1.165, 1.54) is 0 Å². The van der Waals surface area contributed by atoms with Gasteiger partial charge in [0.15, 0.2) is 0 Å². The van der Waals surface area contributed by atoms with Crippen molar-refractivity contribution in [2.45, 2.75) is 26.5 Å². The minimum Gasteiger partial charge on any atom is -0.494 e. The lowest BCUT2D eigenvalue weighted by Gasteiger charge is -2.31. The fourth-order valence-electron chi connectivity index (χ4n) is 2.57. The summed E-state index contributed by atoms with van der Waals surface area (Å²) in [6.45, 7) is 8.10. The molecule has 5 nitrogen and oxygen atoms in total. The van der Waals surface area contributed by atoms with Gasteiger partial charge in [-0.3, -0.25) is 9.69 Å². The molecule has 0 saturated carbocycles. The van der Waals surface area contributed by atoms with Crippen LogP contribution in [0.4, 0.5) is 0 Å². The molecule has 0 N–H and O–H groups in total. The number of likely N-dealkylation sites (N-methyl/N-ethyl adjacent to an activating group) is 1. The average molecular weight is 306 g/mol. The summed E-state index contributed by atoms with van der Waals surface area (Å²) in [6, 6.07) is 7.90. The van der Waals surface area contributed by atoms with Crippen LogP contribution < -0.4 is 4.74 Å². The van der Waals surface area contributed by atoms with Gasteiger partial charge in [-0.1, -0.05) is 12.1 Å². The molecule has 1 aromatic rings. The summed E-state index contributed by atoms with van der Waals surface area (Å²) >= 11 is 0. The van der Waals surface area contributed by atoms with Crippen LogP contribution in [-0.2, 0) is 16.1 Å². The Bertz CT molecular complexity index is 475. The van der Waals surface area contributed by atoms with Crippen molar-refractivity contribution in [1.29, 1.82) is 0 Å². The van der Waals surface area contributed by atoms with E-state index in [-0.39, 0.29) is 12.0 Å². The highest BCUT2D eigenvalue weighted by Crippen LogP contribution is 2.13. The molecule has 1 atom stereocenters. The Morgan fingerprint density at radius 2 is 2.14 bits per heavy atom. The SMILES string of the molecule is CCOc1ccc(CN(C)C(=O)CN2CCOC(C)C2)cc1. The molecule has 1 aliphatic heterocycles. The third-order valence-corrected chi connectivity index (χ3v) is 3.76. The van der Waals surface area contributed by atoms with Gasteiger partial charge in [-0.25, -0.2) is 0 Å². The summed E-state index contributed by atoms with van der Waals surface area (Å²) < 4.78 is 10.9. The van der Waals surface area contributed by atoms with Crippen molar-refractivity contribution in [3.63, 3.8) is 0 Å². The molecule has 1 aromatic carbocycles. The Morgan fingerprint density at radius 1 is 1.41 bits per heavy atom. The molecule has 0 aliphatic carbocycles. The summed E-state index contributed by atoms with van der Waals surface area (Å²) in [5, 5.41) is 0. The quantitative estimate of drug-likeness (QED) is 0.803. The fourth-order valence-corrected chi connectivity index (χ4v) is 2.57. The van der Waals surface area contributed by atoms with Gasteiger partial charge in [0.25, 0.3) is 0 Å². The maximum Gasteiger partial charge on any atom is 0.236 e. The second-order valence-electron chi connectivity index (χ2n) is 5.74. The number of amides is 1. The summed E-state index contributed by atoms with van der Waals surface area (Å²) in [6.07, 6.45) is 0.206. The minimum atomic E-state index is 0.142. The monoisotopic (exact) mass is 306 g/mol. The van der Waals surface area contributed by atoms with E-state index in [2.05, 4.69) is 4.90 Å². The van der Waals surface area contributed by atoms with E-state index in [0.29, 0.717) is 26.3 Å². The van der Waals surface area contributed by atoms with E-state index >= 15 is 0 Å². The highest BCUT2D eigenvalue weighted by atomic mass is 16.5. The van der Waals surface area contributed by atoms with Gasteiger partial charge in [0.05, 0.1) is 25.9 Å². The largest absolute Gasteiger partial charge is 0.494 e. The van der Waals surface area contributed by atoms with Crippen LogP contribution in [0, 0.1) is 0 Å². The molecule has 1 unspecified atom stereocenters. The zero-order valence-electron chi connectivity index (χ0n) is 13.7. The number of benzene rings is 1. The van der Waals surface area contributed by atoms with Gasteiger partial charge in [-0.15, -0.1) is 0 Å². The smallest absolute Gasteiger partial charge is 0.236 e. The number of hydrogen-bond donors (Lipinski definition) is 0. The van der Waals surface area contributed by atoms with Crippen molar-refractivity contribution in [3.8, 4) is 5.75 Å². The Labute approximate surface area is 132 Å². The normalized spacial score (nSPS) is 19.0. The van der Waals surface area contributed by atoms with Crippen LogP contribution in [0.15, 0.2) is 24.3 Å². The first-order valence-corrected chi connectivity index (χ1v) is 7.88. The summed E-state index contributed by atoms with van der Waals surface area (Å²) in [5.74, 6) is 1.01. The summed E-state index contributed by atoms with van der Waals surface area (Å²) in [4.78, 5) is 16.2. The summed E-state index contributed by atoms with van der Waals surface area (Å²) in [7, 11) is 1.85. The first kappa shape index (κ1) is 16.8. The van der Waals surface area contributed by atoms with E-state index in [1.54, 1.807) is 4.90 Å². The molecule has 1 heterocycles. The number of nitrogens with zero attached hydrogens (tertiary/aromatic N) is 2. The molecule has 0 spiro atoms. The van der Waals surface area contributed by atoms with E-state index in [9.17, 15) is 4.79 Å². The molecule has 2 rings (SSSR count). The topological polar surface area (TPSA) is 42.0 Å². The predicted octanol–water partition coefficient (Wildman–Crippen LogP) is 1.76. The van der Waals surface area contributed by atoms with E-state index in [1.807, 2.05) is 45.2 Å². The first-order valence-electron chi connectivity index (χ1n) is 7.88. The summed E-state index contributed by atoms with van der Waals surface area (Å²) in [5.41, 5.74) is 1.11. The molecular formula is C17H26N2O3. The van der Waals surface area contributed by atoms with E-state index in [0.717, 1.165) is 24.4 Å². The lowest BCUT2D eigenvalue weighted by atomic mass is 10.2. The first-order chi connectivity index (χ1) is 10.6. The van der Waals surface area contributed by atoms with Gasteiger partial charge in [0.1, 0.15) is 5.75 Å². The van der Waals surface area contributed by atoms with Gasteiger partial charge < -0.3 is 14.4 Å². The Morgan fingerprint density at radius 3 is 2.77 bits per heavy atom. The fraction of sp³-hybridized carbons (Fsp3) is 0.588. The number of ether oxygens (including phenoxy) is 2. The number of carbonyl (C=O) groups is 1. The third kappa shape index (κ3) is 5.00. The lowest BCUT2D eigenvalue weighted by molar-refractivity contribution is -0.133. The molecule has 1 aliphatic rings. The van der Waals surface area contributed by atoms with Gasteiger partial charge in [-0.05, 0) is 31.5 Å². The van der Waals surface area contributed by atoms with Gasteiger partial charge >= 0.3 is 0 Å². The number of rotatable bonds is 6. The van der Waals surface area contributed by atoms with E-state index in [4.69, 9.17) is 9.47 Å². The zero-order chi connectivity index (χ0) is 15.9. The van der Waals surface area contributed by atoms with Crippen molar-refractivity contribution < 1.29 is 14.3 Å². The van der Waals surface area contributed by atoms with Crippen LogP contribution in [0.5, 0.6) is 5.75 Å². The number of morpholine rings is 1. The molecular weight excluding hydrogens is 280 g/mol. The molecule has 1 fully saturated rings. The standard InChI is InChI=1S/C17H26N2O3/c1-4-21-16-7-5-15(6-8-16)12-18(3)17(20)13-19-9-10-22-14(2)11-19/h5-8,14H,4,9-13H2,1-3H3. The highest BCUT2D eigenvalue weighted by molar-refractivity contribution is 5.78. The van der Waals surface area contributed by atoms with Gasteiger partial charge in [0, 0.05) is 26.7 Å². The van der Waals surface area contributed by atoms with Crippen molar-refractivity contribution in [2.24, 2.45) is 0 Å².